The summed E-state index contributed by atoms with van der Waals surface area (Å²) in [6, 6.07) is 9.06. The van der Waals surface area contributed by atoms with Gasteiger partial charge in [0.15, 0.2) is 0 Å². The summed E-state index contributed by atoms with van der Waals surface area (Å²) < 4.78 is 0. The molecule has 0 heterocycles. The Hall–Kier alpha value is -1.47. The molecular weight excluding hydrogens is 344 g/mol. The number of hydrogen-bond acceptors (Lipinski definition) is 5. The fraction of sp³-hybridized carbons (Fsp3) is 0.667. The van der Waals surface area contributed by atoms with E-state index >= 15 is 0 Å². The molecule has 0 bridgehead atoms. The van der Waals surface area contributed by atoms with Gasteiger partial charge in [0, 0.05) is 6.04 Å². The van der Waals surface area contributed by atoms with Gasteiger partial charge >= 0.3 is 0 Å². The van der Waals surface area contributed by atoms with Crippen LogP contribution < -0.4 is 11.2 Å². The van der Waals surface area contributed by atoms with Gasteiger partial charge in [-0.3, -0.25) is 10.0 Å². The first-order valence-corrected chi connectivity index (χ1v) is 10.0. The van der Waals surface area contributed by atoms with Crippen molar-refractivity contribution >= 4 is 5.91 Å². The number of rotatable bonds is 9. The van der Waals surface area contributed by atoms with Crippen molar-refractivity contribution in [3.8, 4) is 0 Å². The zero-order chi connectivity index (χ0) is 19.9. The third kappa shape index (κ3) is 6.01. The second kappa shape index (κ2) is 10.2. The number of benzene rings is 1. The molecule has 1 fully saturated rings. The van der Waals surface area contributed by atoms with Gasteiger partial charge in [-0.15, -0.1) is 0 Å². The van der Waals surface area contributed by atoms with Gasteiger partial charge in [0.25, 0.3) is 0 Å². The van der Waals surface area contributed by atoms with Gasteiger partial charge in [-0.1, -0.05) is 50.1 Å². The molecule has 0 aliphatic heterocycles. The number of aliphatic hydroxyl groups excluding tert-OH is 1. The molecule has 6 nitrogen and oxygen atoms in total. The molecule has 0 spiro atoms. The number of hydrogen-bond donors (Lipinski definition) is 5. The van der Waals surface area contributed by atoms with E-state index < -0.39 is 29.6 Å². The number of carbonyl (C=O) groups excluding carboxylic acids is 1. The lowest BCUT2D eigenvalue weighted by molar-refractivity contribution is -0.150. The third-order valence-electron chi connectivity index (χ3n) is 6.03. The van der Waals surface area contributed by atoms with Crippen molar-refractivity contribution in [1.82, 2.24) is 5.48 Å². The molecule has 3 atom stereocenters. The van der Waals surface area contributed by atoms with E-state index in [1.54, 1.807) is 5.48 Å². The molecule has 152 valence electrons. The van der Waals surface area contributed by atoms with Gasteiger partial charge in [0.05, 0.1) is 17.6 Å². The molecule has 1 saturated carbocycles. The Labute approximate surface area is 161 Å². The van der Waals surface area contributed by atoms with E-state index in [1.165, 1.54) is 0 Å². The molecule has 6 heteroatoms. The second-order valence-corrected chi connectivity index (χ2v) is 8.02. The van der Waals surface area contributed by atoms with Crippen LogP contribution in [0.1, 0.15) is 57.4 Å². The number of aliphatic hydroxyl groups is 2. The van der Waals surface area contributed by atoms with E-state index in [-0.39, 0.29) is 6.42 Å². The highest BCUT2D eigenvalue weighted by Gasteiger charge is 2.45. The molecule has 0 radical (unpaired) electrons. The Balaban J connectivity index is 2.02. The molecule has 2 rings (SSSR count). The monoisotopic (exact) mass is 378 g/mol. The van der Waals surface area contributed by atoms with Crippen molar-refractivity contribution < 1.29 is 20.2 Å². The lowest BCUT2D eigenvalue weighted by atomic mass is 9.69. The molecule has 1 aliphatic rings. The van der Waals surface area contributed by atoms with E-state index in [2.05, 4.69) is 6.92 Å². The Morgan fingerprint density at radius 3 is 2.48 bits per heavy atom. The van der Waals surface area contributed by atoms with Crippen molar-refractivity contribution in [3.05, 3.63) is 35.9 Å². The smallest absolute Gasteiger partial charge is 0.249 e. The highest BCUT2D eigenvalue weighted by Crippen LogP contribution is 2.40. The summed E-state index contributed by atoms with van der Waals surface area (Å²) in [6.07, 6.45) is 4.48. The zero-order valence-electron chi connectivity index (χ0n) is 16.2. The SMILES string of the molecule is CCCC1CCC(O)([C@H](C[C@H](O)[C@@H](N)Cc2ccccc2)C(=O)NO)CC1. The molecular formula is C21H34N2O4. The normalized spacial score (nSPS) is 26.2. The average molecular weight is 379 g/mol. The highest BCUT2D eigenvalue weighted by atomic mass is 16.5. The number of carbonyl (C=O) groups is 1. The predicted molar refractivity (Wildman–Crippen MR) is 104 cm³/mol. The van der Waals surface area contributed by atoms with Gasteiger partial charge in [0.1, 0.15) is 0 Å². The molecule has 6 N–H and O–H groups in total. The van der Waals surface area contributed by atoms with Crippen molar-refractivity contribution in [2.45, 2.75) is 76.0 Å². The number of amides is 1. The van der Waals surface area contributed by atoms with Crippen LogP contribution in [0.25, 0.3) is 0 Å². The van der Waals surface area contributed by atoms with Crippen molar-refractivity contribution in [2.75, 3.05) is 0 Å². The summed E-state index contributed by atoms with van der Waals surface area (Å²) in [7, 11) is 0. The maximum Gasteiger partial charge on any atom is 0.249 e. The summed E-state index contributed by atoms with van der Waals surface area (Å²) in [5.41, 5.74) is 7.60. The maximum absolute atomic E-state index is 12.3. The topological polar surface area (TPSA) is 116 Å². The zero-order valence-corrected chi connectivity index (χ0v) is 16.2. The minimum Gasteiger partial charge on any atom is -0.391 e. The van der Waals surface area contributed by atoms with Crippen LogP contribution in [0.5, 0.6) is 0 Å². The van der Waals surface area contributed by atoms with Crippen LogP contribution in [0.2, 0.25) is 0 Å². The summed E-state index contributed by atoms with van der Waals surface area (Å²) in [4.78, 5) is 12.3. The van der Waals surface area contributed by atoms with Crippen LogP contribution in [-0.2, 0) is 11.2 Å². The Morgan fingerprint density at radius 1 is 1.30 bits per heavy atom. The first-order valence-electron chi connectivity index (χ1n) is 10.0. The van der Waals surface area contributed by atoms with Crippen LogP contribution in [0.3, 0.4) is 0 Å². The van der Waals surface area contributed by atoms with Gasteiger partial charge in [-0.05, 0) is 50.0 Å². The van der Waals surface area contributed by atoms with Gasteiger partial charge in [0.2, 0.25) is 5.91 Å². The van der Waals surface area contributed by atoms with Crippen LogP contribution in [0.4, 0.5) is 0 Å². The van der Waals surface area contributed by atoms with Crippen molar-refractivity contribution in [1.29, 1.82) is 0 Å². The van der Waals surface area contributed by atoms with Crippen LogP contribution in [-0.4, -0.2) is 39.1 Å². The molecule has 0 aromatic heterocycles. The highest BCUT2D eigenvalue weighted by molar-refractivity contribution is 5.78. The molecule has 0 unspecified atom stereocenters. The first-order chi connectivity index (χ1) is 12.9. The maximum atomic E-state index is 12.3. The number of hydroxylamine groups is 1. The van der Waals surface area contributed by atoms with E-state index in [1.807, 2.05) is 30.3 Å². The summed E-state index contributed by atoms with van der Waals surface area (Å²) in [6.45, 7) is 2.15. The van der Waals surface area contributed by atoms with E-state index in [4.69, 9.17) is 10.9 Å². The number of nitrogens with one attached hydrogen (secondary N) is 1. The fourth-order valence-corrected chi connectivity index (χ4v) is 4.31. The molecule has 27 heavy (non-hydrogen) atoms. The average Bonchev–Trinajstić information content (AvgIpc) is 2.68. The van der Waals surface area contributed by atoms with E-state index in [9.17, 15) is 15.0 Å². The minimum atomic E-state index is -1.22. The van der Waals surface area contributed by atoms with Gasteiger partial charge in [-0.2, -0.15) is 0 Å². The second-order valence-electron chi connectivity index (χ2n) is 8.02. The summed E-state index contributed by atoms with van der Waals surface area (Å²) in [5, 5.41) is 30.8. The summed E-state index contributed by atoms with van der Waals surface area (Å²) >= 11 is 0. The lowest BCUT2D eigenvalue weighted by Crippen LogP contribution is -2.51. The quantitative estimate of drug-likeness (QED) is 0.333. The Kier molecular flexibility index (Phi) is 8.23. The van der Waals surface area contributed by atoms with Gasteiger partial charge in [-0.25, -0.2) is 5.48 Å². The summed E-state index contributed by atoms with van der Waals surface area (Å²) in [5.74, 6) is -0.974. The Bertz CT molecular complexity index is 573. The molecule has 1 aromatic rings. The number of nitrogens with two attached hydrogens (primary N) is 1. The van der Waals surface area contributed by atoms with E-state index in [0.717, 1.165) is 31.2 Å². The van der Waals surface area contributed by atoms with Gasteiger partial charge < -0.3 is 15.9 Å². The largest absolute Gasteiger partial charge is 0.391 e. The molecule has 1 aliphatic carbocycles. The molecule has 0 saturated heterocycles. The molecule has 1 aromatic carbocycles. The predicted octanol–water partition coefficient (Wildman–Crippen LogP) is 2.15. The molecule has 1 amide bonds. The third-order valence-corrected chi connectivity index (χ3v) is 6.03. The van der Waals surface area contributed by atoms with Crippen molar-refractivity contribution in [2.24, 2.45) is 17.6 Å². The minimum absolute atomic E-state index is 0.0232. The Morgan fingerprint density at radius 2 is 1.93 bits per heavy atom. The van der Waals surface area contributed by atoms with E-state index in [0.29, 0.717) is 25.2 Å². The van der Waals surface area contributed by atoms with Crippen LogP contribution in [0.15, 0.2) is 30.3 Å². The fourth-order valence-electron chi connectivity index (χ4n) is 4.31. The van der Waals surface area contributed by atoms with Crippen LogP contribution >= 0.6 is 0 Å². The van der Waals surface area contributed by atoms with Crippen molar-refractivity contribution in [3.63, 3.8) is 0 Å². The lowest BCUT2D eigenvalue weighted by Gasteiger charge is -2.41. The first kappa shape index (κ1) is 21.8. The van der Waals surface area contributed by atoms with Crippen LogP contribution in [0, 0.1) is 11.8 Å². The standard InChI is InChI=1S/C21H34N2O4/c1-2-6-15-9-11-21(26,12-10-15)17(20(25)23-27)14-19(24)18(22)13-16-7-4-3-5-8-16/h3-5,7-8,15,17-19,24,26-27H,2,6,9-14,22H2,1H3,(H,23,25)/t15?,17-,18+,19+,21?/m1/s1.